The van der Waals surface area contributed by atoms with Gasteiger partial charge < -0.3 is 0 Å². The number of benzene rings is 1. The predicted octanol–water partition coefficient (Wildman–Crippen LogP) is 2.38. The van der Waals surface area contributed by atoms with E-state index in [4.69, 9.17) is 4.74 Å². The molecule has 0 aliphatic heterocycles. The average molecular weight is 409 g/mol. The second-order valence-electron chi connectivity index (χ2n) is 4.78. The second-order valence-corrected chi connectivity index (χ2v) is 8.39. The Labute approximate surface area is 146 Å². The summed E-state index contributed by atoms with van der Waals surface area (Å²) in [4.78, 5) is 40.4. The predicted molar refractivity (Wildman–Crippen MR) is 87.6 cm³/mol. The number of aryl methyl sites for hydroxylation is 1. The Morgan fingerprint density at radius 2 is 1.88 bits per heavy atom. The molecule has 1 aliphatic carbocycles. The number of carbonyl (C=O) groups is 2. The Hall–Kier alpha value is -2.22. The summed E-state index contributed by atoms with van der Waals surface area (Å²) in [6.45, 7) is 1.79. The van der Waals surface area contributed by atoms with Gasteiger partial charge in [-0.05, 0) is 0 Å². The third-order valence-electron chi connectivity index (χ3n) is 3.25. The summed E-state index contributed by atoms with van der Waals surface area (Å²) in [7, 11) is 1.33. The van der Waals surface area contributed by atoms with Crippen LogP contribution in [0.25, 0.3) is 0 Å². The number of aromatic nitrogens is 1. The van der Waals surface area contributed by atoms with Crippen molar-refractivity contribution in [2.75, 3.05) is 7.11 Å². The molecule has 1 aromatic heterocycles. The number of nitro groups is 1. The van der Waals surface area contributed by atoms with Crippen molar-refractivity contribution in [2.45, 2.75) is 11.8 Å². The number of methoxy groups -OCH3 is 1. The number of non-ortho nitro benzene ring substituents is 1. The molecule has 9 heteroatoms. The summed E-state index contributed by atoms with van der Waals surface area (Å²) < 4.78 is 6.36. The van der Waals surface area contributed by atoms with Gasteiger partial charge in [0.25, 0.3) is 0 Å². The minimum atomic E-state index is -0.498. The number of fused-ring (bicyclic) bond motifs is 1. The SMILES string of the molecule is COC1=C(Sc2ccc([N+](=O)[O-])cc2)C(=O)c2[se]c(C)nc2C1=O. The van der Waals surface area contributed by atoms with E-state index < -0.39 is 10.7 Å². The number of ketones is 2. The number of allylic oxidation sites excluding steroid dienone is 2. The standard InChI is InChI=1S/C15H10N2O5SSe/c1-7-16-10-11(18)13(22-2)14(12(19)15(10)24-7)23-9-5-3-8(4-6-9)17(20)21/h3-6H,1-2H3. The number of nitrogens with zero attached hydrogens (tertiary/aromatic N) is 2. The van der Waals surface area contributed by atoms with Crippen molar-refractivity contribution in [1.29, 1.82) is 0 Å². The van der Waals surface area contributed by atoms with Crippen molar-refractivity contribution in [1.82, 2.24) is 4.98 Å². The van der Waals surface area contributed by atoms with Gasteiger partial charge in [-0.2, -0.15) is 0 Å². The van der Waals surface area contributed by atoms with Crippen molar-refractivity contribution in [3.05, 3.63) is 59.7 Å². The minimum absolute atomic E-state index is 0.0312. The topological polar surface area (TPSA) is 99.4 Å². The van der Waals surface area contributed by atoms with Crippen LogP contribution in [0.3, 0.4) is 0 Å². The molecule has 1 aliphatic rings. The van der Waals surface area contributed by atoms with E-state index in [0.717, 1.165) is 16.3 Å². The van der Waals surface area contributed by atoms with Crippen LogP contribution >= 0.6 is 11.8 Å². The van der Waals surface area contributed by atoms with E-state index in [1.54, 1.807) is 6.92 Å². The van der Waals surface area contributed by atoms with Gasteiger partial charge in [0, 0.05) is 0 Å². The number of carbonyl (C=O) groups excluding carboxylic acids is 2. The zero-order valence-corrected chi connectivity index (χ0v) is 15.1. The summed E-state index contributed by atoms with van der Waals surface area (Å²) in [5.41, 5.74) is 0.141. The Bertz CT molecular complexity index is 901. The van der Waals surface area contributed by atoms with Crippen LogP contribution in [0.1, 0.15) is 24.3 Å². The maximum absolute atomic E-state index is 12.7. The molecule has 24 heavy (non-hydrogen) atoms. The van der Waals surface area contributed by atoms with Crippen LogP contribution < -0.4 is 0 Å². The molecule has 0 fully saturated rings. The molecule has 122 valence electrons. The first kappa shape index (κ1) is 16.6. The summed E-state index contributed by atoms with van der Waals surface area (Å²) >= 11 is 0.805. The molecule has 0 N–H and O–H groups in total. The van der Waals surface area contributed by atoms with E-state index in [1.165, 1.54) is 31.4 Å². The fourth-order valence-corrected chi connectivity index (χ4v) is 5.11. The molecular formula is C15H10N2O5SSe. The second kappa shape index (κ2) is 6.35. The first-order valence-electron chi connectivity index (χ1n) is 6.69. The fraction of sp³-hybridized carbons (Fsp3) is 0.133. The zero-order valence-electron chi connectivity index (χ0n) is 12.6. The molecule has 0 saturated heterocycles. The van der Waals surface area contributed by atoms with Crippen LogP contribution in [0.4, 0.5) is 5.69 Å². The summed E-state index contributed by atoms with van der Waals surface area (Å²) in [5.74, 6) is -0.683. The molecule has 0 radical (unpaired) electrons. The molecule has 0 saturated carbocycles. The Kier molecular flexibility index (Phi) is 4.40. The van der Waals surface area contributed by atoms with Crippen molar-refractivity contribution < 1.29 is 19.2 Å². The van der Waals surface area contributed by atoms with Gasteiger partial charge in [-0.3, -0.25) is 0 Å². The number of thioether (sulfide) groups is 1. The number of hydrogen-bond donors (Lipinski definition) is 0. The van der Waals surface area contributed by atoms with Crippen molar-refractivity contribution in [3.63, 3.8) is 0 Å². The van der Waals surface area contributed by atoms with Crippen molar-refractivity contribution in [2.24, 2.45) is 0 Å². The molecule has 3 rings (SSSR count). The van der Waals surface area contributed by atoms with Gasteiger partial charge in [0.2, 0.25) is 0 Å². The van der Waals surface area contributed by atoms with Crippen LogP contribution in [0, 0.1) is 17.0 Å². The van der Waals surface area contributed by atoms with Crippen molar-refractivity contribution >= 4 is 43.5 Å². The summed E-state index contributed by atoms with van der Waals surface area (Å²) in [5, 5.41) is 10.7. The normalized spacial score (nSPS) is 13.9. The third-order valence-corrected chi connectivity index (χ3v) is 6.36. The van der Waals surface area contributed by atoms with Gasteiger partial charge in [-0.1, -0.05) is 0 Å². The first-order valence-corrected chi connectivity index (χ1v) is 9.22. The number of nitro benzene ring substituents is 1. The van der Waals surface area contributed by atoms with Gasteiger partial charge in [0.15, 0.2) is 0 Å². The molecule has 0 amide bonds. The molecule has 2 aromatic rings. The maximum atomic E-state index is 12.7. The molecule has 7 nitrogen and oxygen atoms in total. The number of Topliss-reactive ketones (excluding diaryl/α,β-unsaturated/α-hetero) is 2. The summed E-state index contributed by atoms with van der Waals surface area (Å²) in [6.07, 6.45) is 0. The van der Waals surface area contributed by atoms with E-state index in [-0.39, 0.29) is 42.3 Å². The monoisotopic (exact) mass is 410 g/mol. The average Bonchev–Trinajstić information content (AvgIpc) is 2.95. The molecule has 0 atom stereocenters. The van der Waals surface area contributed by atoms with E-state index in [0.29, 0.717) is 9.33 Å². The quantitative estimate of drug-likeness (QED) is 0.434. The van der Waals surface area contributed by atoms with E-state index in [9.17, 15) is 19.7 Å². The molecule has 1 heterocycles. The molecule has 0 unspecified atom stereocenters. The Morgan fingerprint density at radius 1 is 1.21 bits per heavy atom. The van der Waals surface area contributed by atoms with Gasteiger partial charge >= 0.3 is 146 Å². The van der Waals surface area contributed by atoms with Gasteiger partial charge in [0.1, 0.15) is 0 Å². The van der Waals surface area contributed by atoms with E-state index >= 15 is 0 Å². The van der Waals surface area contributed by atoms with Crippen molar-refractivity contribution in [3.8, 4) is 0 Å². The van der Waals surface area contributed by atoms with Gasteiger partial charge in [-0.15, -0.1) is 0 Å². The van der Waals surface area contributed by atoms with E-state index in [2.05, 4.69) is 4.98 Å². The molecule has 0 spiro atoms. The van der Waals surface area contributed by atoms with Gasteiger partial charge in [-0.25, -0.2) is 0 Å². The molecule has 1 aromatic carbocycles. The summed E-state index contributed by atoms with van der Waals surface area (Å²) in [6, 6.07) is 5.77. The van der Waals surface area contributed by atoms with E-state index in [1.807, 2.05) is 0 Å². The zero-order chi connectivity index (χ0) is 17.4. The van der Waals surface area contributed by atoms with Crippen LogP contribution in [-0.4, -0.2) is 43.1 Å². The third kappa shape index (κ3) is 2.82. The van der Waals surface area contributed by atoms with Gasteiger partial charge in [0.05, 0.1) is 0 Å². The Balaban J connectivity index is 1.99. The van der Waals surface area contributed by atoms with Crippen LogP contribution in [-0.2, 0) is 4.74 Å². The Morgan fingerprint density at radius 3 is 2.46 bits per heavy atom. The first-order chi connectivity index (χ1) is 11.4. The van der Waals surface area contributed by atoms with Crippen LogP contribution in [0.5, 0.6) is 0 Å². The number of rotatable bonds is 4. The van der Waals surface area contributed by atoms with Crippen LogP contribution in [0.2, 0.25) is 0 Å². The fourth-order valence-electron chi connectivity index (χ4n) is 2.18. The van der Waals surface area contributed by atoms with Crippen LogP contribution in [0.15, 0.2) is 39.8 Å². The number of hydrogen-bond acceptors (Lipinski definition) is 7. The number of ether oxygens (including phenoxy) is 1. The molecule has 0 bridgehead atoms. The molecular weight excluding hydrogens is 399 g/mol.